The van der Waals surface area contributed by atoms with Gasteiger partial charge in [-0.15, -0.1) is 11.3 Å². The number of carbonyl (C=O) groups excluding carboxylic acids is 2. The van der Waals surface area contributed by atoms with Crippen LogP contribution >= 0.6 is 11.3 Å². The van der Waals surface area contributed by atoms with E-state index in [-0.39, 0.29) is 18.9 Å². The predicted molar refractivity (Wildman–Crippen MR) is 100 cm³/mol. The minimum absolute atomic E-state index is 0.128. The normalized spacial score (nSPS) is 10.3. The molecule has 26 heavy (non-hydrogen) atoms. The van der Waals surface area contributed by atoms with Crippen LogP contribution in [0.25, 0.3) is 0 Å². The van der Waals surface area contributed by atoms with Crippen LogP contribution in [0.15, 0.2) is 60.0 Å². The molecule has 1 aromatic heterocycles. The first-order chi connectivity index (χ1) is 12.6. The SMILES string of the molecule is NC(=O)c1ccccc1OCc1csc(CC(=O)Nc2ccccc2)n1. The molecule has 0 saturated heterocycles. The third-order valence-electron chi connectivity index (χ3n) is 3.50. The molecule has 0 atom stereocenters. The lowest BCUT2D eigenvalue weighted by molar-refractivity contribution is -0.115. The average molecular weight is 367 g/mol. The van der Waals surface area contributed by atoms with Gasteiger partial charge in [-0.3, -0.25) is 9.59 Å². The van der Waals surface area contributed by atoms with Crippen molar-refractivity contribution in [2.75, 3.05) is 5.32 Å². The molecule has 3 N–H and O–H groups in total. The molecule has 0 aliphatic heterocycles. The van der Waals surface area contributed by atoms with Crippen LogP contribution in [0.5, 0.6) is 5.75 Å². The molecule has 2 amide bonds. The molecule has 7 heteroatoms. The fraction of sp³-hybridized carbons (Fsp3) is 0.105. The molecule has 2 aromatic carbocycles. The zero-order valence-electron chi connectivity index (χ0n) is 13.8. The van der Waals surface area contributed by atoms with Crippen LogP contribution in [0.4, 0.5) is 5.69 Å². The van der Waals surface area contributed by atoms with Gasteiger partial charge >= 0.3 is 0 Å². The monoisotopic (exact) mass is 367 g/mol. The maximum absolute atomic E-state index is 12.1. The van der Waals surface area contributed by atoms with Gasteiger partial charge in [0.1, 0.15) is 17.4 Å². The Labute approximate surface area is 154 Å². The lowest BCUT2D eigenvalue weighted by Crippen LogP contribution is -2.14. The lowest BCUT2D eigenvalue weighted by Gasteiger charge is -2.07. The van der Waals surface area contributed by atoms with Crippen LogP contribution < -0.4 is 15.8 Å². The van der Waals surface area contributed by atoms with E-state index in [4.69, 9.17) is 10.5 Å². The average Bonchev–Trinajstić information content (AvgIpc) is 3.08. The molecule has 0 aliphatic rings. The first kappa shape index (κ1) is 17.6. The molecular weight excluding hydrogens is 350 g/mol. The lowest BCUT2D eigenvalue weighted by atomic mass is 10.2. The van der Waals surface area contributed by atoms with E-state index in [1.165, 1.54) is 11.3 Å². The van der Waals surface area contributed by atoms with Gasteiger partial charge in [0, 0.05) is 11.1 Å². The molecule has 0 radical (unpaired) electrons. The molecule has 3 rings (SSSR count). The Bertz CT molecular complexity index is 909. The number of rotatable bonds is 7. The number of carbonyl (C=O) groups is 2. The van der Waals surface area contributed by atoms with Gasteiger partial charge in [0.15, 0.2) is 0 Å². The Morgan fingerprint density at radius 1 is 1.08 bits per heavy atom. The van der Waals surface area contributed by atoms with E-state index in [1.54, 1.807) is 24.3 Å². The van der Waals surface area contributed by atoms with Crippen molar-refractivity contribution in [3.8, 4) is 5.75 Å². The van der Waals surface area contributed by atoms with Crippen LogP contribution in [0.3, 0.4) is 0 Å². The van der Waals surface area contributed by atoms with Gasteiger partial charge in [-0.1, -0.05) is 30.3 Å². The fourth-order valence-corrected chi connectivity index (χ4v) is 3.09. The van der Waals surface area contributed by atoms with E-state index >= 15 is 0 Å². The van der Waals surface area contributed by atoms with Crippen LogP contribution in [0, 0.1) is 0 Å². The van der Waals surface area contributed by atoms with Crippen molar-refractivity contribution >= 4 is 28.8 Å². The third kappa shape index (κ3) is 4.67. The summed E-state index contributed by atoms with van der Waals surface area (Å²) in [4.78, 5) is 27.9. The van der Waals surface area contributed by atoms with Gasteiger partial charge < -0.3 is 15.8 Å². The molecule has 132 valence electrons. The molecule has 0 unspecified atom stereocenters. The van der Waals surface area contributed by atoms with Crippen LogP contribution in [0.2, 0.25) is 0 Å². The van der Waals surface area contributed by atoms with Gasteiger partial charge in [-0.25, -0.2) is 4.98 Å². The number of nitrogens with zero attached hydrogens (tertiary/aromatic N) is 1. The van der Waals surface area contributed by atoms with E-state index in [0.717, 1.165) is 5.69 Å². The summed E-state index contributed by atoms with van der Waals surface area (Å²) in [7, 11) is 0. The highest BCUT2D eigenvalue weighted by molar-refractivity contribution is 7.09. The molecule has 6 nitrogen and oxygen atoms in total. The smallest absolute Gasteiger partial charge is 0.252 e. The highest BCUT2D eigenvalue weighted by atomic mass is 32.1. The standard InChI is InChI=1S/C19H17N3O3S/c20-19(24)15-8-4-5-9-16(15)25-11-14-12-26-18(22-14)10-17(23)21-13-6-2-1-3-7-13/h1-9,12H,10-11H2,(H2,20,24)(H,21,23). The van der Waals surface area contributed by atoms with E-state index in [2.05, 4.69) is 10.3 Å². The van der Waals surface area contributed by atoms with Crippen LogP contribution in [-0.4, -0.2) is 16.8 Å². The Morgan fingerprint density at radius 3 is 2.58 bits per heavy atom. The Morgan fingerprint density at radius 2 is 1.81 bits per heavy atom. The summed E-state index contributed by atoms with van der Waals surface area (Å²) in [5.74, 6) is -0.259. The second-order valence-electron chi connectivity index (χ2n) is 5.47. The molecule has 1 heterocycles. The molecule has 0 saturated carbocycles. The Hall–Kier alpha value is -3.19. The van der Waals surface area contributed by atoms with E-state index in [1.807, 2.05) is 35.7 Å². The zero-order valence-corrected chi connectivity index (χ0v) is 14.7. The largest absolute Gasteiger partial charge is 0.486 e. The number of anilines is 1. The van der Waals surface area contributed by atoms with Crippen molar-refractivity contribution in [1.29, 1.82) is 0 Å². The number of para-hydroxylation sites is 2. The summed E-state index contributed by atoms with van der Waals surface area (Å²) < 4.78 is 5.64. The first-order valence-electron chi connectivity index (χ1n) is 7.91. The van der Waals surface area contributed by atoms with E-state index in [9.17, 15) is 9.59 Å². The third-order valence-corrected chi connectivity index (χ3v) is 4.39. The number of aromatic nitrogens is 1. The minimum atomic E-state index is -0.544. The molecule has 0 spiro atoms. The van der Waals surface area contributed by atoms with Gasteiger partial charge in [0.25, 0.3) is 5.91 Å². The minimum Gasteiger partial charge on any atom is -0.486 e. The number of ether oxygens (including phenoxy) is 1. The fourth-order valence-electron chi connectivity index (χ4n) is 2.31. The highest BCUT2D eigenvalue weighted by Gasteiger charge is 2.11. The number of primary amides is 1. The maximum atomic E-state index is 12.1. The number of hydrogen-bond donors (Lipinski definition) is 2. The van der Waals surface area contributed by atoms with Crippen LogP contribution in [-0.2, 0) is 17.8 Å². The van der Waals surface area contributed by atoms with Gasteiger partial charge in [0.2, 0.25) is 5.91 Å². The zero-order chi connectivity index (χ0) is 18.4. The quantitative estimate of drug-likeness (QED) is 0.671. The van der Waals surface area contributed by atoms with Crippen LogP contribution in [0.1, 0.15) is 21.1 Å². The van der Waals surface area contributed by atoms with Crippen molar-refractivity contribution < 1.29 is 14.3 Å². The topological polar surface area (TPSA) is 94.3 Å². The number of nitrogens with two attached hydrogens (primary N) is 1. The summed E-state index contributed by atoms with van der Waals surface area (Å²) in [5.41, 5.74) is 7.10. The predicted octanol–water partition coefficient (Wildman–Crippen LogP) is 3.00. The molecular formula is C19H17N3O3S. The second-order valence-corrected chi connectivity index (χ2v) is 6.42. The van der Waals surface area contributed by atoms with Gasteiger partial charge in [0.05, 0.1) is 17.7 Å². The van der Waals surface area contributed by atoms with E-state index in [0.29, 0.717) is 22.0 Å². The van der Waals surface area contributed by atoms with Crippen molar-refractivity contribution in [1.82, 2.24) is 4.98 Å². The summed E-state index contributed by atoms with van der Waals surface area (Å²) in [6, 6.07) is 16.0. The number of hydrogen-bond acceptors (Lipinski definition) is 5. The van der Waals surface area contributed by atoms with Crippen molar-refractivity contribution in [3.63, 3.8) is 0 Å². The van der Waals surface area contributed by atoms with Crippen molar-refractivity contribution in [2.24, 2.45) is 5.73 Å². The number of thiazole rings is 1. The molecule has 0 aliphatic carbocycles. The molecule has 0 bridgehead atoms. The molecule has 3 aromatic rings. The van der Waals surface area contributed by atoms with Gasteiger partial charge in [-0.05, 0) is 24.3 Å². The summed E-state index contributed by atoms with van der Waals surface area (Å²) in [6.45, 7) is 0.196. The summed E-state index contributed by atoms with van der Waals surface area (Å²) >= 11 is 1.39. The Balaban J connectivity index is 1.57. The number of nitrogens with one attached hydrogen (secondary N) is 1. The van der Waals surface area contributed by atoms with Crippen molar-refractivity contribution in [3.05, 3.63) is 76.2 Å². The maximum Gasteiger partial charge on any atom is 0.252 e. The molecule has 0 fully saturated rings. The van der Waals surface area contributed by atoms with Crippen molar-refractivity contribution in [2.45, 2.75) is 13.0 Å². The Kier molecular flexibility index (Phi) is 5.60. The number of amides is 2. The number of benzene rings is 2. The first-order valence-corrected chi connectivity index (χ1v) is 8.79. The van der Waals surface area contributed by atoms with Gasteiger partial charge in [-0.2, -0.15) is 0 Å². The highest BCUT2D eigenvalue weighted by Crippen LogP contribution is 2.20. The second kappa shape index (κ2) is 8.26. The summed E-state index contributed by atoms with van der Waals surface area (Å²) in [6.07, 6.45) is 0.192. The summed E-state index contributed by atoms with van der Waals surface area (Å²) in [5, 5.41) is 5.35. The van der Waals surface area contributed by atoms with E-state index < -0.39 is 5.91 Å².